The van der Waals surface area contributed by atoms with Gasteiger partial charge >= 0.3 is 12.1 Å². The van der Waals surface area contributed by atoms with E-state index >= 15 is 0 Å². The van der Waals surface area contributed by atoms with Crippen LogP contribution in [0.3, 0.4) is 0 Å². The van der Waals surface area contributed by atoms with Gasteiger partial charge in [0.2, 0.25) is 0 Å². The van der Waals surface area contributed by atoms with E-state index in [4.69, 9.17) is 4.84 Å². The van der Waals surface area contributed by atoms with Crippen molar-refractivity contribution in [2.45, 2.75) is 84.7 Å². The number of nitrogens with zero attached hydrogens (tertiary/aromatic N) is 3. The van der Waals surface area contributed by atoms with Gasteiger partial charge in [0.15, 0.2) is 0 Å². The summed E-state index contributed by atoms with van der Waals surface area (Å²) in [6, 6.07) is 0. The van der Waals surface area contributed by atoms with E-state index in [0.717, 1.165) is 60.8 Å². The molecule has 0 aliphatic heterocycles. The number of hydrogen-bond donors (Lipinski definition) is 3. The van der Waals surface area contributed by atoms with Gasteiger partial charge in [-0.15, -0.1) is 0 Å². The number of carboxylic acid groups (broad SMARTS) is 1. The lowest BCUT2D eigenvalue weighted by molar-refractivity contribution is -0.869. The Balaban J connectivity index is 1.36. The molecule has 0 aromatic carbocycles. The van der Waals surface area contributed by atoms with E-state index in [1.807, 2.05) is 6.92 Å². The lowest BCUT2D eigenvalue weighted by Gasteiger charge is -2.61. The Morgan fingerprint density at radius 2 is 1.70 bits per heavy atom. The molecule has 4 rings (SSSR count). The molecule has 0 unspecified atom stereocenters. The fraction of sp³-hybridized carbons (Fsp3) is 0.903. The lowest BCUT2D eigenvalue weighted by Crippen LogP contribution is -2.54. The quantitative estimate of drug-likeness (QED) is 0.121. The maximum Gasteiger partial charge on any atom is 0.436 e. The van der Waals surface area contributed by atoms with Crippen LogP contribution in [0.5, 0.6) is 0 Å². The van der Waals surface area contributed by atoms with Crippen LogP contribution in [0.15, 0.2) is 5.16 Å². The second-order valence-electron chi connectivity index (χ2n) is 14.9. The molecule has 4 aliphatic rings. The Morgan fingerprint density at radius 1 is 1.00 bits per heavy atom. The van der Waals surface area contributed by atoms with Crippen LogP contribution in [0.2, 0.25) is 0 Å². The number of carbonyl (C=O) groups excluding carboxylic acids is 1. The van der Waals surface area contributed by atoms with Gasteiger partial charge < -0.3 is 20.0 Å². The highest BCUT2D eigenvalue weighted by Crippen LogP contribution is 2.67. The molecule has 8 atom stereocenters. The molecule has 3 N–H and O–H groups in total. The normalized spacial score (nSPS) is 37.7. The van der Waals surface area contributed by atoms with E-state index in [-0.39, 0.29) is 24.0 Å². The molecule has 4 saturated carbocycles. The molecule has 4 fully saturated rings. The van der Waals surface area contributed by atoms with E-state index in [1.165, 1.54) is 37.0 Å². The molecular weight excluding hydrogens is 508 g/mol. The summed E-state index contributed by atoms with van der Waals surface area (Å²) in [6.45, 7) is 8.97. The molecule has 0 saturated heterocycles. The van der Waals surface area contributed by atoms with E-state index < -0.39 is 18.6 Å². The monoisotopic (exact) mass is 563 g/mol. The zero-order chi connectivity index (χ0) is 29.3. The van der Waals surface area contributed by atoms with Crippen LogP contribution in [0.25, 0.3) is 0 Å². The number of aliphatic hydroxyl groups is 1. The van der Waals surface area contributed by atoms with Crippen LogP contribution in [0, 0.1) is 40.4 Å². The Morgan fingerprint density at radius 3 is 2.40 bits per heavy atom. The first-order chi connectivity index (χ1) is 18.7. The Kier molecular flexibility index (Phi) is 9.57. The predicted octanol–water partition coefficient (Wildman–Crippen LogP) is 4.20. The number of likely N-dealkylation sites (N-methyl/N-ethyl adjacent to an activating group) is 1. The second-order valence-corrected chi connectivity index (χ2v) is 14.9. The molecular formula is C31H55N4O5+. The van der Waals surface area contributed by atoms with Gasteiger partial charge in [0, 0.05) is 25.6 Å². The van der Waals surface area contributed by atoms with Crippen molar-refractivity contribution in [2.24, 2.45) is 45.6 Å². The van der Waals surface area contributed by atoms with E-state index in [0.29, 0.717) is 23.8 Å². The number of rotatable bonds is 10. The molecule has 0 aromatic rings. The Hall–Kier alpha value is -1.71. The van der Waals surface area contributed by atoms with Crippen LogP contribution in [0.1, 0.15) is 78.6 Å². The Bertz CT molecular complexity index is 951. The van der Waals surface area contributed by atoms with Gasteiger partial charge in [-0.05, 0) is 99.2 Å². The first-order valence-corrected chi connectivity index (χ1v) is 15.7. The highest BCUT2D eigenvalue weighted by molar-refractivity contribution is 5.86. The van der Waals surface area contributed by atoms with Gasteiger partial charge in [0.25, 0.3) is 0 Å². The lowest BCUT2D eigenvalue weighted by atomic mass is 9.44. The van der Waals surface area contributed by atoms with Gasteiger partial charge in [-0.25, -0.2) is 4.79 Å². The maximum absolute atomic E-state index is 12.8. The highest BCUT2D eigenvalue weighted by atomic mass is 16.7. The standard InChI is InChI=1S/C31H54N4O5/c1-21(33-40-29(39)34(20-28(37)38)17-15-32-16-18-35(4,5)6)25-9-10-26-24-8-7-22-19-23(36)11-13-30(22,2)27(24)12-14-31(25,26)3/h22-27,32,36H,7-20H2,1-6H3/p+1/b33-21+/t22-,23-,24+,25-,26+,27+,30+,31-/m1/s1. The molecule has 9 nitrogen and oxygen atoms in total. The largest absolute Gasteiger partial charge is 0.480 e. The first kappa shape index (κ1) is 31.2. The number of aliphatic carboxylic acids is 1. The van der Waals surface area contributed by atoms with Crippen molar-refractivity contribution < 1.29 is 29.1 Å². The number of fused-ring (bicyclic) bond motifs is 5. The van der Waals surface area contributed by atoms with E-state index in [9.17, 15) is 19.8 Å². The number of carboxylic acids is 1. The number of hydrogen-bond acceptors (Lipinski definition) is 6. The molecule has 4 aliphatic carbocycles. The van der Waals surface area contributed by atoms with Gasteiger partial charge in [-0.1, -0.05) is 19.0 Å². The van der Waals surface area contributed by atoms with Crippen molar-refractivity contribution in [3.05, 3.63) is 0 Å². The molecule has 40 heavy (non-hydrogen) atoms. The minimum absolute atomic E-state index is 0.114. The molecule has 0 bridgehead atoms. The van der Waals surface area contributed by atoms with Crippen molar-refractivity contribution in [1.29, 1.82) is 0 Å². The zero-order valence-electron chi connectivity index (χ0n) is 25.8. The van der Waals surface area contributed by atoms with Crippen molar-refractivity contribution in [3.63, 3.8) is 0 Å². The van der Waals surface area contributed by atoms with Gasteiger partial charge in [-0.3, -0.25) is 14.5 Å². The summed E-state index contributed by atoms with van der Waals surface area (Å²) in [6.07, 6.45) is 9.42. The van der Waals surface area contributed by atoms with Crippen molar-refractivity contribution in [2.75, 3.05) is 53.9 Å². The number of nitrogens with one attached hydrogen (secondary N) is 1. The SMILES string of the molecule is C/C(=N\OC(=O)N(CCNCC[N+](C)(C)C)CC(=O)O)[C@H]1CC[C@H]2[C@@H]3CC[C@@H]4C[C@H](O)CC[C@]4(C)[C@H]3CC[C@]12C. The third kappa shape index (κ3) is 6.67. The van der Waals surface area contributed by atoms with Crippen molar-refractivity contribution in [1.82, 2.24) is 10.2 Å². The number of quaternary nitrogens is 1. The minimum atomic E-state index is -1.07. The fourth-order valence-corrected chi connectivity index (χ4v) is 9.31. The second kappa shape index (κ2) is 12.3. The van der Waals surface area contributed by atoms with Crippen LogP contribution in [-0.2, 0) is 9.63 Å². The third-order valence-corrected chi connectivity index (χ3v) is 11.5. The smallest absolute Gasteiger partial charge is 0.436 e. The van der Waals surface area contributed by atoms with Crippen LogP contribution >= 0.6 is 0 Å². The summed E-state index contributed by atoms with van der Waals surface area (Å²) < 4.78 is 0.828. The predicted molar refractivity (Wildman–Crippen MR) is 156 cm³/mol. The molecule has 0 aromatic heterocycles. The molecule has 9 heteroatoms. The van der Waals surface area contributed by atoms with Crippen molar-refractivity contribution >= 4 is 17.8 Å². The maximum atomic E-state index is 12.8. The summed E-state index contributed by atoms with van der Waals surface area (Å²) in [7, 11) is 6.34. The Labute approximate surface area is 241 Å². The van der Waals surface area contributed by atoms with Gasteiger partial charge in [0.05, 0.1) is 39.5 Å². The molecule has 0 radical (unpaired) electrons. The summed E-state index contributed by atoms with van der Waals surface area (Å²) in [5.41, 5.74) is 1.36. The van der Waals surface area contributed by atoms with Crippen LogP contribution < -0.4 is 5.32 Å². The van der Waals surface area contributed by atoms with E-state index in [2.05, 4.69) is 45.5 Å². The zero-order valence-corrected chi connectivity index (χ0v) is 25.8. The van der Waals surface area contributed by atoms with Gasteiger partial charge in [0.1, 0.15) is 6.54 Å². The van der Waals surface area contributed by atoms with Gasteiger partial charge in [-0.2, -0.15) is 0 Å². The van der Waals surface area contributed by atoms with Crippen LogP contribution in [0.4, 0.5) is 4.79 Å². The van der Waals surface area contributed by atoms with E-state index in [1.54, 1.807) is 0 Å². The average Bonchev–Trinajstić information content (AvgIpc) is 3.23. The summed E-state index contributed by atoms with van der Waals surface area (Å²) >= 11 is 0. The molecule has 1 amide bonds. The fourth-order valence-electron chi connectivity index (χ4n) is 9.31. The summed E-state index contributed by atoms with van der Waals surface area (Å²) in [5.74, 6) is 1.99. The number of amides is 1. The molecule has 0 spiro atoms. The average molecular weight is 564 g/mol. The minimum Gasteiger partial charge on any atom is -0.480 e. The summed E-state index contributed by atoms with van der Waals surface area (Å²) in [4.78, 5) is 30.8. The third-order valence-electron chi connectivity index (χ3n) is 11.5. The highest BCUT2D eigenvalue weighted by Gasteiger charge is 2.60. The number of aliphatic hydroxyl groups excluding tert-OH is 1. The van der Waals surface area contributed by atoms with Crippen molar-refractivity contribution in [3.8, 4) is 0 Å². The number of carbonyl (C=O) groups is 2. The van der Waals surface area contributed by atoms with Crippen LogP contribution in [-0.4, -0.2) is 97.3 Å². The summed E-state index contributed by atoms with van der Waals surface area (Å²) in [5, 5.41) is 27.3. The first-order valence-electron chi connectivity index (χ1n) is 15.7. The molecule has 228 valence electrons. The number of oxime groups is 1. The molecule has 0 heterocycles. The topological polar surface area (TPSA) is 111 Å².